The zero-order chi connectivity index (χ0) is 8.24. The van der Waals surface area contributed by atoms with Crippen LogP contribution in [0, 0.1) is 0 Å². The molecule has 0 heterocycles. The van der Waals surface area contributed by atoms with Crippen molar-refractivity contribution in [3.8, 4) is 0 Å². The summed E-state index contributed by atoms with van der Waals surface area (Å²) in [6.45, 7) is 4.04. The van der Waals surface area contributed by atoms with Crippen molar-refractivity contribution in [3.05, 3.63) is 12.2 Å². The van der Waals surface area contributed by atoms with E-state index in [1.165, 1.54) is 12.8 Å². The second kappa shape index (κ2) is 15.9. The van der Waals surface area contributed by atoms with Crippen LogP contribution >= 0.6 is 0 Å². The number of hydrogen-bond acceptors (Lipinski definition) is 2. The summed E-state index contributed by atoms with van der Waals surface area (Å²) in [7, 11) is 0. The number of rotatable bonds is 3. The van der Waals surface area contributed by atoms with E-state index in [1.54, 1.807) is 0 Å². The second-order valence-electron chi connectivity index (χ2n) is 1.74. The van der Waals surface area contributed by atoms with E-state index < -0.39 is 0 Å². The molecule has 2 N–H and O–H groups in total. The first kappa shape index (κ1) is 12.3. The Morgan fingerprint density at radius 2 is 1.20 bits per heavy atom. The molecule has 0 aliphatic rings. The molecule has 0 saturated heterocycles. The SMILES string of the molecule is CC/C=C/CC.OCCO. The van der Waals surface area contributed by atoms with E-state index in [0.717, 1.165) is 0 Å². The Morgan fingerprint density at radius 3 is 1.30 bits per heavy atom. The molecule has 0 aromatic rings. The lowest BCUT2D eigenvalue weighted by molar-refractivity contribution is 0.186. The van der Waals surface area contributed by atoms with Crippen LogP contribution in [0.15, 0.2) is 12.2 Å². The van der Waals surface area contributed by atoms with Crippen LogP contribution in [0.2, 0.25) is 0 Å². The highest BCUT2D eigenvalue weighted by Crippen LogP contribution is 1.81. The maximum Gasteiger partial charge on any atom is 0.0662 e. The van der Waals surface area contributed by atoms with Crippen molar-refractivity contribution in [1.29, 1.82) is 0 Å². The summed E-state index contributed by atoms with van der Waals surface area (Å²) in [5.41, 5.74) is 0. The number of aliphatic hydroxyl groups is 2. The first-order valence-electron chi connectivity index (χ1n) is 3.70. The third-order valence-electron chi connectivity index (χ3n) is 0.738. The molecule has 0 bridgehead atoms. The molecule has 0 amide bonds. The Kier molecular flexibility index (Phi) is 19.6. The van der Waals surface area contributed by atoms with Gasteiger partial charge in [0.2, 0.25) is 0 Å². The third-order valence-corrected chi connectivity index (χ3v) is 0.738. The smallest absolute Gasteiger partial charge is 0.0662 e. The van der Waals surface area contributed by atoms with Crippen LogP contribution in [-0.4, -0.2) is 23.4 Å². The largest absolute Gasteiger partial charge is 0.394 e. The van der Waals surface area contributed by atoms with Crippen LogP contribution in [0.5, 0.6) is 0 Å². The molecule has 0 atom stereocenters. The fraction of sp³-hybridized carbons (Fsp3) is 0.750. The van der Waals surface area contributed by atoms with Crippen molar-refractivity contribution in [2.45, 2.75) is 26.7 Å². The van der Waals surface area contributed by atoms with E-state index in [1.807, 2.05) is 0 Å². The highest BCUT2D eigenvalue weighted by Gasteiger charge is 1.60. The van der Waals surface area contributed by atoms with Gasteiger partial charge < -0.3 is 10.2 Å². The monoisotopic (exact) mass is 146 g/mol. The first-order valence-corrected chi connectivity index (χ1v) is 3.70. The standard InChI is InChI=1S/C6H12.C2H6O2/c1-3-5-6-4-2;3-1-2-4/h5-6H,3-4H2,1-2H3;3-4H,1-2H2/b6-5+;. The quantitative estimate of drug-likeness (QED) is 0.590. The molecule has 0 saturated carbocycles. The fourth-order valence-corrected chi connectivity index (χ4v) is 0.333. The van der Waals surface area contributed by atoms with Gasteiger partial charge in [0.1, 0.15) is 0 Å². The lowest BCUT2D eigenvalue weighted by atomic mass is 10.4. The molecule has 0 aliphatic carbocycles. The van der Waals surface area contributed by atoms with Crippen LogP contribution in [0.3, 0.4) is 0 Å². The molecular formula is C8H18O2. The number of allylic oxidation sites excluding steroid dienone is 2. The second-order valence-corrected chi connectivity index (χ2v) is 1.74. The van der Waals surface area contributed by atoms with Gasteiger partial charge in [0.25, 0.3) is 0 Å². The van der Waals surface area contributed by atoms with Gasteiger partial charge in [-0.05, 0) is 12.8 Å². The molecule has 0 fully saturated rings. The Labute approximate surface area is 63.2 Å². The predicted molar refractivity (Wildman–Crippen MR) is 43.9 cm³/mol. The number of hydrogen-bond donors (Lipinski definition) is 2. The Hall–Kier alpha value is -0.340. The summed E-state index contributed by atoms with van der Waals surface area (Å²) in [5, 5.41) is 15.2. The molecule has 0 aromatic carbocycles. The van der Waals surface area contributed by atoms with Gasteiger partial charge in [0.05, 0.1) is 13.2 Å². The minimum Gasteiger partial charge on any atom is -0.394 e. The van der Waals surface area contributed by atoms with Gasteiger partial charge >= 0.3 is 0 Å². The first-order chi connectivity index (χ1) is 4.83. The third kappa shape index (κ3) is 25.4. The van der Waals surface area contributed by atoms with Gasteiger partial charge in [-0.1, -0.05) is 26.0 Å². The Bertz CT molecular complexity index is 52.3. The van der Waals surface area contributed by atoms with Gasteiger partial charge in [-0.25, -0.2) is 0 Å². The minimum atomic E-state index is -0.125. The maximum atomic E-state index is 7.62. The van der Waals surface area contributed by atoms with Crippen molar-refractivity contribution < 1.29 is 10.2 Å². The molecule has 2 heteroatoms. The van der Waals surface area contributed by atoms with E-state index in [-0.39, 0.29) is 13.2 Å². The van der Waals surface area contributed by atoms with E-state index in [9.17, 15) is 0 Å². The van der Waals surface area contributed by atoms with Gasteiger partial charge in [-0.3, -0.25) is 0 Å². The molecule has 0 rings (SSSR count). The fourth-order valence-electron chi connectivity index (χ4n) is 0.333. The van der Waals surface area contributed by atoms with Gasteiger partial charge in [-0.2, -0.15) is 0 Å². The molecule has 62 valence electrons. The van der Waals surface area contributed by atoms with Crippen LogP contribution < -0.4 is 0 Å². The van der Waals surface area contributed by atoms with Crippen LogP contribution in [0.4, 0.5) is 0 Å². The highest BCUT2D eigenvalue weighted by molar-refractivity contribution is 4.77. The van der Waals surface area contributed by atoms with E-state index in [4.69, 9.17) is 10.2 Å². The van der Waals surface area contributed by atoms with Crippen molar-refractivity contribution in [2.75, 3.05) is 13.2 Å². The topological polar surface area (TPSA) is 40.5 Å². The van der Waals surface area contributed by atoms with Crippen molar-refractivity contribution in [2.24, 2.45) is 0 Å². The number of aliphatic hydroxyl groups excluding tert-OH is 2. The molecule has 0 aliphatic heterocycles. The van der Waals surface area contributed by atoms with Gasteiger partial charge in [0, 0.05) is 0 Å². The maximum absolute atomic E-state index is 7.62. The molecule has 0 unspecified atom stereocenters. The van der Waals surface area contributed by atoms with Crippen molar-refractivity contribution >= 4 is 0 Å². The zero-order valence-corrected chi connectivity index (χ0v) is 6.88. The molecule has 2 nitrogen and oxygen atoms in total. The molecule has 0 aromatic heterocycles. The molecule has 0 spiro atoms. The average Bonchev–Trinajstić information content (AvgIpc) is 2.01. The summed E-state index contributed by atoms with van der Waals surface area (Å²) >= 11 is 0. The summed E-state index contributed by atoms with van der Waals surface area (Å²) in [5.74, 6) is 0. The Morgan fingerprint density at radius 1 is 0.900 bits per heavy atom. The van der Waals surface area contributed by atoms with Gasteiger partial charge in [-0.15, -0.1) is 0 Å². The zero-order valence-electron chi connectivity index (χ0n) is 6.88. The van der Waals surface area contributed by atoms with Crippen molar-refractivity contribution in [3.63, 3.8) is 0 Å². The molecule has 10 heavy (non-hydrogen) atoms. The van der Waals surface area contributed by atoms with E-state index in [0.29, 0.717) is 0 Å². The summed E-state index contributed by atoms with van der Waals surface area (Å²) in [6.07, 6.45) is 6.71. The summed E-state index contributed by atoms with van der Waals surface area (Å²) in [4.78, 5) is 0. The predicted octanol–water partition coefficient (Wildman–Crippen LogP) is 1.33. The highest BCUT2D eigenvalue weighted by atomic mass is 16.3. The van der Waals surface area contributed by atoms with Crippen LogP contribution in [-0.2, 0) is 0 Å². The lowest BCUT2D eigenvalue weighted by Gasteiger charge is -1.72. The van der Waals surface area contributed by atoms with Gasteiger partial charge in [0.15, 0.2) is 0 Å². The minimum absolute atomic E-state index is 0.125. The normalized spacial score (nSPS) is 9.20. The van der Waals surface area contributed by atoms with E-state index >= 15 is 0 Å². The average molecular weight is 146 g/mol. The van der Waals surface area contributed by atoms with E-state index in [2.05, 4.69) is 26.0 Å². The molecular weight excluding hydrogens is 128 g/mol. The lowest BCUT2D eigenvalue weighted by Crippen LogP contribution is -1.85. The summed E-state index contributed by atoms with van der Waals surface area (Å²) in [6, 6.07) is 0. The summed E-state index contributed by atoms with van der Waals surface area (Å²) < 4.78 is 0. The van der Waals surface area contributed by atoms with Crippen molar-refractivity contribution in [1.82, 2.24) is 0 Å². The van der Waals surface area contributed by atoms with Crippen LogP contribution in [0.1, 0.15) is 26.7 Å². The van der Waals surface area contributed by atoms with Crippen LogP contribution in [0.25, 0.3) is 0 Å². The molecule has 0 radical (unpaired) electrons. The Balaban J connectivity index is 0.